The SMILES string of the molecule is Cc1c(Br)cccc1C(=O)NCCSC(F)(F)F. The van der Waals surface area contributed by atoms with Gasteiger partial charge in [-0.15, -0.1) is 0 Å². The van der Waals surface area contributed by atoms with Gasteiger partial charge in [-0.3, -0.25) is 4.79 Å². The summed E-state index contributed by atoms with van der Waals surface area (Å²) in [6, 6.07) is 5.13. The first kappa shape index (κ1) is 15.4. The average molecular weight is 342 g/mol. The molecule has 7 heteroatoms. The van der Waals surface area contributed by atoms with Crippen molar-refractivity contribution in [1.82, 2.24) is 5.32 Å². The molecular weight excluding hydrogens is 331 g/mol. The van der Waals surface area contributed by atoms with Crippen LogP contribution in [0.1, 0.15) is 15.9 Å². The van der Waals surface area contributed by atoms with Gasteiger partial charge in [0.05, 0.1) is 0 Å². The average Bonchev–Trinajstić information content (AvgIpc) is 2.26. The maximum absolute atomic E-state index is 11.9. The molecule has 0 radical (unpaired) electrons. The number of amides is 1. The third-order valence-corrected chi connectivity index (χ3v) is 3.76. The number of carbonyl (C=O) groups is 1. The Kier molecular flexibility index (Phi) is 5.52. The molecule has 0 aliphatic rings. The van der Waals surface area contributed by atoms with Gasteiger partial charge in [-0.05, 0) is 36.4 Å². The van der Waals surface area contributed by atoms with Crippen LogP contribution in [0, 0.1) is 6.92 Å². The molecule has 0 saturated heterocycles. The van der Waals surface area contributed by atoms with Crippen molar-refractivity contribution in [3.8, 4) is 0 Å². The molecule has 1 aromatic carbocycles. The standard InChI is InChI=1S/C11H11BrF3NOS/c1-7-8(3-2-4-9(7)12)10(17)16-5-6-18-11(13,14)15/h2-4H,5-6H2,1H3,(H,16,17). The second-order valence-corrected chi connectivity index (χ2v) is 5.48. The lowest BCUT2D eigenvalue weighted by Gasteiger charge is -2.09. The number of rotatable bonds is 4. The Balaban J connectivity index is 2.49. The molecule has 0 atom stereocenters. The van der Waals surface area contributed by atoms with E-state index >= 15 is 0 Å². The summed E-state index contributed by atoms with van der Waals surface area (Å²) in [6.07, 6.45) is 0. The molecule has 2 nitrogen and oxygen atoms in total. The van der Waals surface area contributed by atoms with Crippen molar-refractivity contribution < 1.29 is 18.0 Å². The molecule has 1 amide bonds. The number of nitrogens with one attached hydrogen (secondary N) is 1. The van der Waals surface area contributed by atoms with Crippen molar-refractivity contribution >= 4 is 33.6 Å². The van der Waals surface area contributed by atoms with Crippen molar-refractivity contribution in [3.63, 3.8) is 0 Å². The van der Waals surface area contributed by atoms with Crippen molar-refractivity contribution in [2.75, 3.05) is 12.3 Å². The van der Waals surface area contributed by atoms with E-state index in [1.165, 1.54) is 0 Å². The summed E-state index contributed by atoms with van der Waals surface area (Å²) >= 11 is 3.14. The zero-order valence-electron chi connectivity index (χ0n) is 9.47. The summed E-state index contributed by atoms with van der Waals surface area (Å²) in [4.78, 5) is 11.7. The molecular formula is C11H11BrF3NOS. The van der Waals surface area contributed by atoms with Gasteiger partial charge >= 0.3 is 5.51 Å². The van der Waals surface area contributed by atoms with E-state index < -0.39 is 5.51 Å². The Bertz CT molecular complexity index is 437. The third kappa shape index (κ3) is 4.89. The fourth-order valence-corrected chi connectivity index (χ4v) is 2.08. The van der Waals surface area contributed by atoms with E-state index in [-0.39, 0.29) is 30.0 Å². The summed E-state index contributed by atoms with van der Waals surface area (Å²) < 4.78 is 36.4. The summed E-state index contributed by atoms with van der Waals surface area (Å²) in [5, 5.41) is 2.46. The summed E-state index contributed by atoms with van der Waals surface area (Å²) in [6.45, 7) is 1.75. The van der Waals surface area contributed by atoms with E-state index in [0.717, 1.165) is 10.0 Å². The van der Waals surface area contributed by atoms with Crippen LogP contribution in [0.15, 0.2) is 22.7 Å². The smallest absolute Gasteiger partial charge is 0.351 e. The van der Waals surface area contributed by atoms with Gasteiger partial charge in [0.25, 0.3) is 5.91 Å². The van der Waals surface area contributed by atoms with E-state index in [9.17, 15) is 18.0 Å². The minimum Gasteiger partial charge on any atom is -0.351 e. The summed E-state index contributed by atoms with van der Waals surface area (Å²) in [5.74, 6) is -0.556. The highest BCUT2D eigenvalue weighted by atomic mass is 79.9. The topological polar surface area (TPSA) is 29.1 Å². The predicted octanol–water partition coefficient (Wildman–Crippen LogP) is 3.74. The molecule has 0 aliphatic heterocycles. The van der Waals surface area contributed by atoms with Gasteiger partial charge in [-0.1, -0.05) is 22.0 Å². The molecule has 18 heavy (non-hydrogen) atoms. The van der Waals surface area contributed by atoms with Gasteiger partial charge < -0.3 is 5.32 Å². The monoisotopic (exact) mass is 341 g/mol. The van der Waals surface area contributed by atoms with E-state index in [2.05, 4.69) is 21.2 Å². The van der Waals surface area contributed by atoms with Gasteiger partial charge in [0.1, 0.15) is 0 Å². The van der Waals surface area contributed by atoms with Crippen LogP contribution in [-0.2, 0) is 0 Å². The van der Waals surface area contributed by atoms with E-state index in [1.807, 2.05) is 0 Å². The van der Waals surface area contributed by atoms with Crippen LogP contribution in [0.4, 0.5) is 13.2 Å². The Labute approximate surface area is 115 Å². The fourth-order valence-electron chi connectivity index (χ4n) is 1.28. The minimum atomic E-state index is -4.25. The van der Waals surface area contributed by atoms with Crippen LogP contribution in [0.3, 0.4) is 0 Å². The molecule has 0 aliphatic carbocycles. The predicted molar refractivity (Wildman–Crippen MR) is 69.7 cm³/mol. The maximum Gasteiger partial charge on any atom is 0.441 e. The number of hydrogen-bond acceptors (Lipinski definition) is 2. The van der Waals surface area contributed by atoms with Crippen LogP contribution >= 0.6 is 27.7 Å². The molecule has 100 valence electrons. The lowest BCUT2D eigenvalue weighted by molar-refractivity contribution is -0.0327. The molecule has 0 fully saturated rings. The van der Waals surface area contributed by atoms with Gasteiger partial charge in [0.2, 0.25) is 0 Å². The van der Waals surface area contributed by atoms with Crippen LogP contribution in [0.25, 0.3) is 0 Å². The van der Waals surface area contributed by atoms with Crippen molar-refractivity contribution in [1.29, 1.82) is 0 Å². The van der Waals surface area contributed by atoms with Gasteiger partial charge in [-0.25, -0.2) is 0 Å². The number of halogens is 4. The lowest BCUT2D eigenvalue weighted by Crippen LogP contribution is -2.27. The second-order valence-electron chi connectivity index (χ2n) is 3.46. The minimum absolute atomic E-state index is 0.0189. The Morgan fingerprint density at radius 3 is 2.72 bits per heavy atom. The van der Waals surface area contributed by atoms with Crippen LogP contribution in [0.2, 0.25) is 0 Å². The van der Waals surface area contributed by atoms with Gasteiger partial charge in [-0.2, -0.15) is 13.2 Å². The number of hydrogen-bond donors (Lipinski definition) is 1. The van der Waals surface area contributed by atoms with Crippen LogP contribution in [0.5, 0.6) is 0 Å². The zero-order valence-corrected chi connectivity index (χ0v) is 11.9. The number of thioether (sulfide) groups is 1. The third-order valence-electron chi connectivity index (χ3n) is 2.17. The molecule has 0 saturated carbocycles. The lowest BCUT2D eigenvalue weighted by atomic mass is 10.1. The van der Waals surface area contributed by atoms with Gasteiger partial charge in [0.15, 0.2) is 0 Å². The molecule has 0 bridgehead atoms. The first-order valence-corrected chi connectivity index (χ1v) is 6.83. The molecule has 1 N–H and O–H groups in total. The quantitative estimate of drug-likeness (QED) is 0.845. The fraction of sp³-hybridized carbons (Fsp3) is 0.364. The highest BCUT2D eigenvalue weighted by Gasteiger charge is 2.27. The Hall–Kier alpha value is -0.690. The maximum atomic E-state index is 11.9. The zero-order chi connectivity index (χ0) is 13.8. The summed E-state index contributed by atoms with van der Waals surface area (Å²) in [7, 11) is 0. The highest BCUT2D eigenvalue weighted by Crippen LogP contribution is 2.29. The molecule has 1 rings (SSSR count). The normalized spacial score (nSPS) is 11.4. The molecule has 0 aromatic heterocycles. The number of alkyl halides is 3. The molecule has 0 spiro atoms. The highest BCUT2D eigenvalue weighted by molar-refractivity contribution is 9.10. The van der Waals surface area contributed by atoms with E-state index in [4.69, 9.17) is 0 Å². The largest absolute Gasteiger partial charge is 0.441 e. The second kappa shape index (κ2) is 6.47. The number of carbonyl (C=O) groups excluding carboxylic acids is 1. The first-order valence-electron chi connectivity index (χ1n) is 5.05. The molecule has 0 heterocycles. The van der Waals surface area contributed by atoms with Crippen molar-refractivity contribution in [2.24, 2.45) is 0 Å². The Morgan fingerprint density at radius 2 is 2.11 bits per heavy atom. The van der Waals surface area contributed by atoms with E-state index in [0.29, 0.717) is 5.56 Å². The van der Waals surface area contributed by atoms with Crippen LogP contribution in [-0.4, -0.2) is 23.7 Å². The van der Waals surface area contributed by atoms with Gasteiger partial charge in [0, 0.05) is 22.3 Å². The molecule has 0 unspecified atom stereocenters. The molecule has 1 aromatic rings. The van der Waals surface area contributed by atoms with E-state index in [1.54, 1.807) is 25.1 Å². The summed E-state index contributed by atoms with van der Waals surface area (Å²) in [5.41, 5.74) is -3.03. The van der Waals surface area contributed by atoms with Crippen LogP contribution < -0.4 is 5.32 Å². The van der Waals surface area contributed by atoms with Crippen molar-refractivity contribution in [2.45, 2.75) is 12.4 Å². The first-order chi connectivity index (χ1) is 8.31. The van der Waals surface area contributed by atoms with Crippen molar-refractivity contribution in [3.05, 3.63) is 33.8 Å². The number of benzene rings is 1. The Morgan fingerprint density at radius 1 is 1.44 bits per heavy atom.